The van der Waals surface area contributed by atoms with Gasteiger partial charge in [-0.15, -0.1) is 0 Å². The van der Waals surface area contributed by atoms with Gasteiger partial charge in [0, 0.05) is 0 Å². The van der Waals surface area contributed by atoms with E-state index in [2.05, 4.69) is 9.71 Å². The van der Waals surface area contributed by atoms with Gasteiger partial charge in [-0.05, 0) is 6.92 Å². The van der Waals surface area contributed by atoms with Gasteiger partial charge in [0.1, 0.15) is 0 Å². The van der Waals surface area contributed by atoms with Crippen LogP contribution >= 0.6 is 0 Å². The van der Waals surface area contributed by atoms with Gasteiger partial charge >= 0.3 is 11.0 Å². The molecule has 0 unspecified atom stereocenters. The lowest BCUT2D eigenvalue weighted by molar-refractivity contribution is 0.101. The van der Waals surface area contributed by atoms with Gasteiger partial charge in [-0.1, -0.05) is 6.92 Å². The molecule has 0 rings (SSSR count). The first-order valence-corrected chi connectivity index (χ1v) is 5.28. The number of rotatable bonds is 4. The standard InChI is InChI=1S/C6H10N2O4S/c1-3-12-6(9)5(8-7)13(10,11)4-2/h3-4H2,1-2H3/p+1/b6-5-. The monoisotopic (exact) mass is 207 g/mol. The van der Waals surface area contributed by atoms with Crippen molar-refractivity contribution >= 4 is 9.84 Å². The first kappa shape index (κ1) is 11.7. The number of sulfone groups is 1. The largest absolute Gasteiger partial charge is 0.553 e. The fourth-order valence-electron chi connectivity index (χ4n) is 0.573. The van der Waals surface area contributed by atoms with Crippen molar-refractivity contribution in [3.63, 3.8) is 0 Å². The molecule has 0 aliphatic rings. The molecule has 0 saturated heterocycles. The van der Waals surface area contributed by atoms with Crippen molar-refractivity contribution in [1.82, 2.24) is 0 Å². The van der Waals surface area contributed by atoms with Crippen molar-refractivity contribution in [2.45, 2.75) is 13.8 Å². The predicted octanol–water partition coefficient (Wildman–Crippen LogP) is 0.995. The Labute approximate surface area is 76.4 Å². The third kappa shape index (κ3) is 2.91. The van der Waals surface area contributed by atoms with Crippen molar-refractivity contribution < 1.29 is 18.3 Å². The lowest BCUT2D eigenvalue weighted by atomic mass is 10.8. The fraction of sp³-hybridized carbons (Fsp3) is 0.667. The highest BCUT2D eigenvalue weighted by atomic mass is 32.2. The smallest absolute Gasteiger partial charge is 0.475 e. The first-order chi connectivity index (χ1) is 5.99. The average Bonchev–Trinajstić information content (AvgIpc) is 2.05. The van der Waals surface area contributed by atoms with Crippen LogP contribution in [-0.4, -0.2) is 25.9 Å². The summed E-state index contributed by atoms with van der Waals surface area (Å²) in [6, 6.07) is 0. The molecular weight excluding hydrogens is 196 g/mol. The lowest BCUT2D eigenvalue weighted by Gasteiger charge is -1.96. The normalized spacial score (nSPS) is 13.0. The van der Waals surface area contributed by atoms with Gasteiger partial charge in [0.05, 0.1) is 12.4 Å². The Hall–Kier alpha value is -1.29. The van der Waals surface area contributed by atoms with E-state index in [1.165, 1.54) is 6.92 Å². The van der Waals surface area contributed by atoms with Gasteiger partial charge < -0.3 is 9.84 Å². The Morgan fingerprint density at radius 3 is 2.38 bits per heavy atom. The van der Waals surface area contributed by atoms with Crippen molar-refractivity contribution in [2.24, 2.45) is 0 Å². The van der Waals surface area contributed by atoms with Crippen LogP contribution in [0.2, 0.25) is 0 Å². The summed E-state index contributed by atoms with van der Waals surface area (Å²) in [5.41, 5.74) is 0. The molecule has 0 bridgehead atoms. The third-order valence-electron chi connectivity index (χ3n) is 1.23. The SMILES string of the molecule is CCO/C(O)=C(/[N+]#N)S(=O)(=O)CC. The summed E-state index contributed by atoms with van der Waals surface area (Å²) in [7, 11) is -3.74. The molecule has 7 heteroatoms. The quantitative estimate of drug-likeness (QED) is 0.548. The van der Waals surface area contributed by atoms with E-state index in [9.17, 15) is 8.42 Å². The fourth-order valence-corrected chi connectivity index (χ4v) is 1.30. The van der Waals surface area contributed by atoms with E-state index in [0.29, 0.717) is 0 Å². The van der Waals surface area contributed by atoms with Gasteiger partial charge in [0.2, 0.25) is 5.39 Å². The van der Waals surface area contributed by atoms with Crippen LogP contribution in [0, 0.1) is 5.39 Å². The molecule has 1 N–H and O–H groups in total. The van der Waals surface area contributed by atoms with E-state index in [1.807, 2.05) is 0 Å². The van der Waals surface area contributed by atoms with Crippen LogP contribution in [0.1, 0.15) is 13.8 Å². The first-order valence-electron chi connectivity index (χ1n) is 3.63. The highest BCUT2D eigenvalue weighted by Crippen LogP contribution is 2.13. The molecule has 0 aromatic heterocycles. The van der Waals surface area contributed by atoms with E-state index in [-0.39, 0.29) is 12.4 Å². The molecule has 0 saturated carbocycles. The Kier molecular flexibility index (Phi) is 4.20. The Bertz CT molecular complexity index is 338. The van der Waals surface area contributed by atoms with Gasteiger partial charge in [0.25, 0.3) is 9.84 Å². The molecule has 0 spiro atoms. The number of hydrogen-bond acceptors (Lipinski definition) is 5. The van der Waals surface area contributed by atoms with Crippen molar-refractivity contribution in [2.75, 3.05) is 12.4 Å². The van der Waals surface area contributed by atoms with Crippen LogP contribution in [0.25, 0.3) is 4.98 Å². The molecule has 13 heavy (non-hydrogen) atoms. The molecular formula is C6H11N2O4S+. The average molecular weight is 207 g/mol. The third-order valence-corrected chi connectivity index (χ3v) is 2.83. The van der Waals surface area contributed by atoms with Gasteiger partial charge in [-0.2, -0.15) is 0 Å². The molecule has 0 aromatic carbocycles. The number of aliphatic hydroxyl groups excluding tert-OH is 1. The Balaban J connectivity index is 5.15. The summed E-state index contributed by atoms with van der Waals surface area (Å²) in [5, 5.41) is 16.5. The van der Waals surface area contributed by atoms with Crippen LogP contribution in [0.3, 0.4) is 0 Å². The van der Waals surface area contributed by atoms with E-state index >= 15 is 0 Å². The van der Waals surface area contributed by atoms with Crippen LogP contribution in [0.5, 0.6) is 0 Å². The second-order valence-electron chi connectivity index (χ2n) is 2.05. The second kappa shape index (κ2) is 4.67. The molecule has 0 fully saturated rings. The van der Waals surface area contributed by atoms with Crippen LogP contribution in [-0.2, 0) is 14.6 Å². The van der Waals surface area contributed by atoms with Gasteiger partial charge in [-0.25, -0.2) is 8.42 Å². The summed E-state index contributed by atoms with van der Waals surface area (Å²) in [6.45, 7) is 3.01. The number of nitrogens with zero attached hydrogens (tertiary/aromatic N) is 2. The molecule has 0 aliphatic carbocycles. The van der Waals surface area contributed by atoms with Crippen LogP contribution in [0.15, 0.2) is 11.0 Å². The highest BCUT2D eigenvalue weighted by molar-refractivity contribution is 7.95. The minimum Gasteiger partial charge on any atom is -0.475 e. The number of aliphatic hydroxyl groups is 1. The summed E-state index contributed by atoms with van der Waals surface area (Å²) in [6.07, 6.45) is 0. The summed E-state index contributed by atoms with van der Waals surface area (Å²) in [4.78, 5) is 2.47. The van der Waals surface area contributed by atoms with E-state index in [4.69, 9.17) is 10.5 Å². The molecule has 74 valence electrons. The van der Waals surface area contributed by atoms with Crippen LogP contribution in [0.4, 0.5) is 0 Å². The van der Waals surface area contributed by atoms with E-state index < -0.39 is 20.8 Å². The maximum Gasteiger partial charge on any atom is 0.553 e. The number of diazo groups is 1. The minimum atomic E-state index is -3.74. The summed E-state index contributed by atoms with van der Waals surface area (Å²) >= 11 is 0. The maximum atomic E-state index is 11.1. The van der Waals surface area contributed by atoms with Crippen molar-refractivity contribution in [1.29, 1.82) is 5.39 Å². The second-order valence-corrected chi connectivity index (χ2v) is 4.24. The van der Waals surface area contributed by atoms with Gasteiger partial charge in [0.15, 0.2) is 4.98 Å². The van der Waals surface area contributed by atoms with Gasteiger partial charge in [-0.3, -0.25) is 0 Å². The Morgan fingerprint density at radius 2 is 2.08 bits per heavy atom. The molecule has 0 atom stereocenters. The molecule has 0 heterocycles. The van der Waals surface area contributed by atoms with E-state index in [1.54, 1.807) is 6.92 Å². The van der Waals surface area contributed by atoms with Crippen LogP contribution < -0.4 is 0 Å². The molecule has 0 aromatic rings. The topological polar surface area (TPSA) is 91.8 Å². The maximum absolute atomic E-state index is 11.1. The molecule has 0 aliphatic heterocycles. The zero-order chi connectivity index (χ0) is 10.5. The van der Waals surface area contributed by atoms with E-state index in [0.717, 1.165) is 0 Å². The zero-order valence-corrected chi connectivity index (χ0v) is 8.21. The zero-order valence-electron chi connectivity index (χ0n) is 7.39. The summed E-state index contributed by atoms with van der Waals surface area (Å²) in [5.74, 6) is -1.16. The lowest BCUT2D eigenvalue weighted by Crippen LogP contribution is -2.08. The van der Waals surface area contributed by atoms with Crippen molar-refractivity contribution in [3.8, 4) is 0 Å². The summed E-state index contributed by atoms with van der Waals surface area (Å²) < 4.78 is 26.7. The number of ether oxygens (including phenoxy) is 1. The minimum absolute atomic E-state index is 0.0874. The Morgan fingerprint density at radius 1 is 1.54 bits per heavy atom. The molecule has 6 nitrogen and oxygen atoms in total. The molecule has 0 amide bonds. The highest BCUT2D eigenvalue weighted by Gasteiger charge is 2.35. The van der Waals surface area contributed by atoms with Crippen molar-refractivity contribution in [3.05, 3.63) is 16.0 Å². The predicted molar refractivity (Wildman–Crippen MR) is 45.8 cm³/mol. The molecule has 0 radical (unpaired) electrons. The number of hydrogen-bond donors (Lipinski definition) is 1.